The van der Waals surface area contributed by atoms with Crippen LogP contribution < -0.4 is 10.6 Å². The number of anilines is 2. The SMILES string of the molecule is CC(C)(C(=O)N1CCc2cc(N)ccc21)c1ccccc1. The number of nitrogens with two attached hydrogens (primary N) is 1. The molecule has 21 heavy (non-hydrogen) atoms. The Hall–Kier alpha value is -2.29. The van der Waals surface area contributed by atoms with E-state index in [1.54, 1.807) is 0 Å². The number of fused-ring (bicyclic) bond motifs is 1. The number of hydrogen-bond acceptors (Lipinski definition) is 2. The predicted molar refractivity (Wildman–Crippen MR) is 86.4 cm³/mol. The Kier molecular flexibility index (Phi) is 3.20. The monoisotopic (exact) mass is 280 g/mol. The Morgan fingerprint density at radius 3 is 2.57 bits per heavy atom. The lowest BCUT2D eigenvalue weighted by atomic mass is 9.83. The summed E-state index contributed by atoms with van der Waals surface area (Å²) in [6.07, 6.45) is 0.872. The van der Waals surface area contributed by atoms with Crippen LogP contribution in [0.15, 0.2) is 48.5 Å². The molecule has 3 heteroatoms. The van der Waals surface area contributed by atoms with E-state index in [4.69, 9.17) is 5.73 Å². The van der Waals surface area contributed by atoms with Crippen molar-refractivity contribution in [3.63, 3.8) is 0 Å². The molecule has 0 saturated carbocycles. The second-order valence-electron chi connectivity index (χ2n) is 6.09. The van der Waals surface area contributed by atoms with E-state index < -0.39 is 5.41 Å². The molecule has 2 aromatic rings. The van der Waals surface area contributed by atoms with Gasteiger partial charge in [0.15, 0.2) is 0 Å². The van der Waals surface area contributed by atoms with Crippen molar-refractivity contribution in [1.29, 1.82) is 0 Å². The molecule has 0 aliphatic carbocycles. The smallest absolute Gasteiger partial charge is 0.237 e. The summed E-state index contributed by atoms with van der Waals surface area (Å²) in [7, 11) is 0. The average Bonchev–Trinajstić information content (AvgIpc) is 2.90. The van der Waals surface area contributed by atoms with Crippen molar-refractivity contribution < 1.29 is 4.79 Å². The number of nitrogens with zero attached hydrogens (tertiary/aromatic N) is 1. The molecule has 0 aromatic heterocycles. The molecule has 1 amide bonds. The minimum absolute atomic E-state index is 0.136. The molecule has 2 aromatic carbocycles. The standard InChI is InChI=1S/C18H20N2O/c1-18(2,14-6-4-3-5-7-14)17(21)20-11-10-13-12-15(19)8-9-16(13)20/h3-9,12H,10-11,19H2,1-2H3. The minimum Gasteiger partial charge on any atom is -0.399 e. The molecule has 0 spiro atoms. The molecule has 0 unspecified atom stereocenters. The van der Waals surface area contributed by atoms with Crippen molar-refractivity contribution >= 4 is 17.3 Å². The van der Waals surface area contributed by atoms with Crippen LogP contribution in [0.2, 0.25) is 0 Å². The van der Waals surface area contributed by atoms with Crippen LogP contribution in [0.1, 0.15) is 25.0 Å². The van der Waals surface area contributed by atoms with Crippen LogP contribution in [0.25, 0.3) is 0 Å². The first kappa shape index (κ1) is 13.7. The lowest BCUT2D eigenvalue weighted by Crippen LogP contribution is -2.42. The zero-order valence-corrected chi connectivity index (χ0v) is 12.5. The molecular weight excluding hydrogens is 260 g/mol. The van der Waals surface area contributed by atoms with Crippen LogP contribution in [0, 0.1) is 0 Å². The number of hydrogen-bond donors (Lipinski definition) is 1. The second-order valence-corrected chi connectivity index (χ2v) is 6.09. The van der Waals surface area contributed by atoms with E-state index in [0.717, 1.165) is 35.5 Å². The maximum absolute atomic E-state index is 13.0. The molecule has 1 aliphatic rings. The summed E-state index contributed by atoms with van der Waals surface area (Å²) >= 11 is 0. The molecule has 108 valence electrons. The molecular formula is C18H20N2O. The van der Waals surface area contributed by atoms with Crippen molar-refractivity contribution in [3.05, 3.63) is 59.7 Å². The number of benzene rings is 2. The molecule has 3 nitrogen and oxygen atoms in total. The van der Waals surface area contributed by atoms with Gasteiger partial charge < -0.3 is 10.6 Å². The molecule has 0 saturated heterocycles. The van der Waals surface area contributed by atoms with Crippen LogP contribution in [-0.4, -0.2) is 12.5 Å². The third-order valence-electron chi connectivity index (χ3n) is 4.27. The van der Waals surface area contributed by atoms with Crippen LogP contribution in [0.3, 0.4) is 0 Å². The Morgan fingerprint density at radius 2 is 1.86 bits per heavy atom. The van der Waals surface area contributed by atoms with Crippen LogP contribution in [-0.2, 0) is 16.6 Å². The van der Waals surface area contributed by atoms with E-state index in [9.17, 15) is 4.79 Å². The zero-order valence-electron chi connectivity index (χ0n) is 12.5. The number of nitrogen functional groups attached to an aromatic ring is 1. The van der Waals surface area contributed by atoms with E-state index in [0.29, 0.717) is 0 Å². The largest absolute Gasteiger partial charge is 0.399 e. The predicted octanol–water partition coefficient (Wildman–Crippen LogP) is 3.14. The third-order valence-corrected chi connectivity index (χ3v) is 4.27. The van der Waals surface area contributed by atoms with Gasteiger partial charge in [0.25, 0.3) is 0 Å². The van der Waals surface area contributed by atoms with Gasteiger partial charge in [-0.1, -0.05) is 30.3 Å². The summed E-state index contributed by atoms with van der Waals surface area (Å²) in [5.74, 6) is 0.136. The summed E-state index contributed by atoms with van der Waals surface area (Å²) in [5.41, 5.74) is 9.24. The Morgan fingerprint density at radius 1 is 1.14 bits per heavy atom. The van der Waals surface area contributed by atoms with Gasteiger partial charge in [-0.15, -0.1) is 0 Å². The fourth-order valence-electron chi connectivity index (χ4n) is 2.95. The summed E-state index contributed by atoms with van der Waals surface area (Å²) in [5, 5.41) is 0. The van der Waals surface area contributed by atoms with Crippen LogP contribution in [0.4, 0.5) is 11.4 Å². The maximum Gasteiger partial charge on any atom is 0.237 e. The molecule has 0 atom stereocenters. The first-order chi connectivity index (χ1) is 10.00. The van der Waals surface area contributed by atoms with Crippen molar-refractivity contribution in [2.45, 2.75) is 25.7 Å². The first-order valence-electron chi connectivity index (χ1n) is 7.26. The van der Waals surface area contributed by atoms with E-state index in [-0.39, 0.29) is 5.91 Å². The van der Waals surface area contributed by atoms with E-state index >= 15 is 0 Å². The van der Waals surface area contributed by atoms with Crippen molar-refractivity contribution in [2.75, 3.05) is 17.2 Å². The quantitative estimate of drug-likeness (QED) is 0.859. The number of carbonyl (C=O) groups is 1. The van der Waals surface area contributed by atoms with Crippen molar-refractivity contribution in [2.24, 2.45) is 0 Å². The fraction of sp³-hybridized carbons (Fsp3) is 0.278. The fourth-order valence-corrected chi connectivity index (χ4v) is 2.95. The molecule has 1 aliphatic heterocycles. The third kappa shape index (κ3) is 2.29. The van der Waals surface area contributed by atoms with E-state index in [1.165, 1.54) is 0 Å². The topological polar surface area (TPSA) is 46.3 Å². The Labute approximate surface area is 125 Å². The summed E-state index contributed by atoms with van der Waals surface area (Å²) < 4.78 is 0. The van der Waals surface area contributed by atoms with Crippen molar-refractivity contribution in [3.8, 4) is 0 Å². The highest BCUT2D eigenvalue weighted by atomic mass is 16.2. The summed E-state index contributed by atoms with van der Waals surface area (Å²) in [4.78, 5) is 14.9. The van der Waals surface area contributed by atoms with Gasteiger partial charge in [0, 0.05) is 17.9 Å². The number of rotatable bonds is 2. The van der Waals surface area contributed by atoms with E-state index in [1.807, 2.05) is 67.3 Å². The molecule has 0 fully saturated rings. The van der Waals surface area contributed by atoms with Gasteiger partial charge in [0.1, 0.15) is 0 Å². The molecule has 3 rings (SSSR count). The van der Waals surface area contributed by atoms with Gasteiger partial charge in [-0.25, -0.2) is 0 Å². The van der Waals surface area contributed by atoms with Crippen LogP contribution in [0.5, 0.6) is 0 Å². The van der Waals surface area contributed by atoms with Crippen LogP contribution >= 0.6 is 0 Å². The summed E-state index contributed by atoms with van der Waals surface area (Å²) in [6.45, 7) is 4.70. The van der Waals surface area contributed by atoms with E-state index in [2.05, 4.69) is 0 Å². The van der Waals surface area contributed by atoms with Gasteiger partial charge in [-0.3, -0.25) is 4.79 Å². The second kappa shape index (κ2) is 4.92. The normalized spacial score (nSPS) is 14.1. The highest BCUT2D eigenvalue weighted by Gasteiger charge is 2.36. The Bertz CT molecular complexity index is 677. The lowest BCUT2D eigenvalue weighted by Gasteiger charge is -2.30. The molecule has 0 bridgehead atoms. The van der Waals surface area contributed by atoms with Gasteiger partial charge >= 0.3 is 0 Å². The molecule has 1 heterocycles. The highest BCUT2D eigenvalue weighted by Crippen LogP contribution is 2.34. The highest BCUT2D eigenvalue weighted by molar-refractivity contribution is 6.02. The maximum atomic E-state index is 13.0. The first-order valence-corrected chi connectivity index (χ1v) is 7.26. The van der Waals surface area contributed by atoms with Gasteiger partial charge in [0.2, 0.25) is 5.91 Å². The van der Waals surface area contributed by atoms with Gasteiger partial charge in [-0.05, 0) is 49.6 Å². The van der Waals surface area contributed by atoms with Gasteiger partial charge in [0.05, 0.1) is 5.41 Å². The zero-order chi connectivity index (χ0) is 15.0. The number of carbonyl (C=O) groups excluding carboxylic acids is 1. The molecule has 0 radical (unpaired) electrons. The van der Waals surface area contributed by atoms with Crippen molar-refractivity contribution in [1.82, 2.24) is 0 Å². The number of amides is 1. The molecule has 2 N–H and O–H groups in total. The van der Waals surface area contributed by atoms with Gasteiger partial charge in [-0.2, -0.15) is 0 Å². The Balaban J connectivity index is 1.94. The minimum atomic E-state index is -0.537. The average molecular weight is 280 g/mol. The summed E-state index contributed by atoms with van der Waals surface area (Å²) in [6, 6.07) is 15.7. The lowest BCUT2D eigenvalue weighted by molar-refractivity contribution is -0.122.